The molecule has 1 fully saturated rings. The maximum Gasteiger partial charge on any atom is 0.117 e. The molecule has 0 radical (unpaired) electrons. The molecule has 0 spiro atoms. The van der Waals surface area contributed by atoms with Gasteiger partial charge in [0.25, 0.3) is 0 Å². The molecule has 0 aromatic heterocycles. The van der Waals surface area contributed by atoms with E-state index in [0.717, 1.165) is 12.8 Å². The van der Waals surface area contributed by atoms with Crippen LogP contribution in [0, 0.1) is 5.41 Å². The molecule has 1 rings (SSSR count). The van der Waals surface area contributed by atoms with E-state index in [1.54, 1.807) is 0 Å². The van der Waals surface area contributed by atoms with Crippen LogP contribution in [0.15, 0.2) is 0 Å². The van der Waals surface area contributed by atoms with Gasteiger partial charge in [0.2, 0.25) is 0 Å². The van der Waals surface area contributed by atoms with Gasteiger partial charge in [0, 0.05) is 12.1 Å². The molecular formula is C10H20FNO. The minimum Gasteiger partial charge on any atom is -0.389 e. The fourth-order valence-electron chi connectivity index (χ4n) is 2.60. The van der Waals surface area contributed by atoms with Gasteiger partial charge in [-0.05, 0) is 25.2 Å². The molecule has 1 unspecified atom stereocenters. The number of aliphatic hydroxyl groups is 1. The van der Waals surface area contributed by atoms with Gasteiger partial charge in [-0.3, -0.25) is 0 Å². The Bertz CT molecular complexity index is 174. The summed E-state index contributed by atoms with van der Waals surface area (Å²) in [6.07, 6.45) is 1.35. The number of β-amino-alcohol motifs (C(OH)–C–C–N with tert-alkyl or cyclic N) is 1. The van der Waals surface area contributed by atoms with Gasteiger partial charge in [-0.15, -0.1) is 0 Å². The predicted molar refractivity (Wildman–Crippen MR) is 51.4 cm³/mol. The van der Waals surface area contributed by atoms with E-state index in [0.29, 0.717) is 12.0 Å². The standard InChI is InChI=1S/C10H20FNO/c1-9(2)6-10(3,7-9)12-5-8(13)4-11/h8,12-13H,4-7H2,1-3H3. The number of hydrogen-bond donors (Lipinski definition) is 2. The predicted octanol–water partition coefficient (Wildman–Crippen LogP) is 1.49. The third kappa shape index (κ3) is 2.92. The Morgan fingerprint density at radius 2 is 1.92 bits per heavy atom. The van der Waals surface area contributed by atoms with E-state index in [9.17, 15) is 4.39 Å². The number of halogens is 1. The molecule has 0 heterocycles. The molecule has 0 saturated heterocycles. The smallest absolute Gasteiger partial charge is 0.117 e. The minimum atomic E-state index is -0.847. The Kier molecular flexibility index (Phi) is 2.98. The highest BCUT2D eigenvalue weighted by molar-refractivity contribution is 5.02. The first-order valence-corrected chi connectivity index (χ1v) is 4.86. The van der Waals surface area contributed by atoms with Crippen LogP contribution in [0.1, 0.15) is 33.6 Å². The SMILES string of the molecule is CC1(C)CC(C)(NCC(O)CF)C1. The lowest BCUT2D eigenvalue weighted by Crippen LogP contribution is -2.58. The second kappa shape index (κ2) is 3.54. The molecule has 78 valence electrons. The van der Waals surface area contributed by atoms with Gasteiger partial charge >= 0.3 is 0 Å². The zero-order chi connectivity index (χ0) is 10.1. The van der Waals surface area contributed by atoms with Crippen LogP contribution in [0.3, 0.4) is 0 Å². The van der Waals surface area contributed by atoms with Crippen LogP contribution in [-0.4, -0.2) is 30.0 Å². The zero-order valence-corrected chi connectivity index (χ0v) is 8.73. The number of hydrogen-bond acceptors (Lipinski definition) is 2. The number of alkyl halides is 1. The number of rotatable bonds is 4. The summed E-state index contributed by atoms with van der Waals surface area (Å²) in [5.74, 6) is 0. The van der Waals surface area contributed by atoms with E-state index in [1.807, 2.05) is 0 Å². The molecule has 13 heavy (non-hydrogen) atoms. The first kappa shape index (κ1) is 10.9. The van der Waals surface area contributed by atoms with Gasteiger partial charge in [-0.1, -0.05) is 13.8 Å². The van der Waals surface area contributed by atoms with Gasteiger partial charge in [0.15, 0.2) is 0 Å². The Balaban J connectivity index is 2.23. The van der Waals surface area contributed by atoms with Crippen LogP contribution in [0.2, 0.25) is 0 Å². The molecule has 3 heteroatoms. The summed E-state index contributed by atoms with van der Waals surface area (Å²) >= 11 is 0. The van der Waals surface area contributed by atoms with E-state index in [4.69, 9.17) is 5.11 Å². The molecule has 2 N–H and O–H groups in total. The first-order valence-electron chi connectivity index (χ1n) is 4.86. The van der Waals surface area contributed by atoms with E-state index in [-0.39, 0.29) is 5.54 Å². The topological polar surface area (TPSA) is 32.3 Å². The third-order valence-electron chi connectivity index (χ3n) is 2.68. The molecule has 0 aromatic carbocycles. The highest BCUT2D eigenvalue weighted by atomic mass is 19.1. The number of aliphatic hydroxyl groups excluding tert-OH is 1. The highest BCUT2D eigenvalue weighted by Crippen LogP contribution is 2.47. The molecule has 1 aliphatic rings. The van der Waals surface area contributed by atoms with Crippen LogP contribution >= 0.6 is 0 Å². The van der Waals surface area contributed by atoms with Crippen molar-refractivity contribution in [1.29, 1.82) is 0 Å². The second-order valence-corrected chi connectivity index (χ2v) is 5.27. The van der Waals surface area contributed by atoms with Crippen LogP contribution in [0.4, 0.5) is 4.39 Å². The lowest BCUT2D eigenvalue weighted by molar-refractivity contribution is 0.0306. The highest BCUT2D eigenvalue weighted by Gasteiger charge is 2.45. The Labute approximate surface area is 79.5 Å². The summed E-state index contributed by atoms with van der Waals surface area (Å²) in [6.45, 7) is 6.28. The zero-order valence-electron chi connectivity index (χ0n) is 8.73. The molecule has 0 aliphatic heterocycles. The molecule has 0 bridgehead atoms. The molecule has 2 nitrogen and oxygen atoms in total. The van der Waals surface area contributed by atoms with Crippen molar-refractivity contribution < 1.29 is 9.50 Å². The molecule has 1 atom stereocenters. The summed E-state index contributed by atoms with van der Waals surface area (Å²) in [5.41, 5.74) is 0.516. The van der Waals surface area contributed by atoms with Crippen molar-refractivity contribution in [3.05, 3.63) is 0 Å². The first-order chi connectivity index (χ1) is 5.87. The van der Waals surface area contributed by atoms with Crippen molar-refractivity contribution in [2.75, 3.05) is 13.2 Å². The van der Waals surface area contributed by atoms with Crippen LogP contribution < -0.4 is 5.32 Å². The van der Waals surface area contributed by atoms with E-state index in [1.165, 1.54) is 0 Å². The minimum absolute atomic E-state index is 0.111. The normalized spacial score (nSPS) is 26.5. The van der Waals surface area contributed by atoms with Crippen molar-refractivity contribution in [2.24, 2.45) is 5.41 Å². The maximum atomic E-state index is 11.9. The Morgan fingerprint density at radius 1 is 1.38 bits per heavy atom. The molecule has 0 aromatic rings. The summed E-state index contributed by atoms with van der Waals surface area (Å²) in [7, 11) is 0. The van der Waals surface area contributed by atoms with Gasteiger partial charge in [-0.25, -0.2) is 4.39 Å². The fourth-order valence-corrected chi connectivity index (χ4v) is 2.60. The third-order valence-corrected chi connectivity index (χ3v) is 2.68. The molecular weight excluding hydrogens is 169 g/mol. The molecule has 0 amide bonds. The molecule has 1 aliphatic carbocycles. The summed E-state index contributed by atoms with van der Waals surface area (Å²) in [4.78, 5) is 0. The number of nitrogens with one attached hydrogen (secondary N) is 1. The lowest BCUT2D eigenvalue weighted by Gasteiger charge is -2.52. The van der Waals surface area contributed by atoms with Crippen molar-refractivity contribution in [2.45, 2.75) is 45.3 Å². The average Bonchev–Trinajstić information content (AvgIpc) is 1.96. The maximum absolute atomic E-state index is 11.9. The lowest BCUT2D eigenvalue weighted by atomic mass is 9.60. The largest absolute Gasteiger partial charge is 0.389 e. The summed E-state index contributed by atoms with van der Waals surface area (Å²) in [5, 5.41) is 12.2. The Hall–Kier alpha value is -0.150. The monoisotopic (exact) mass is 189 g/mol. The van der Waals surface area contributed by atoms with Crippen LogP contribution in [-0.2, 0) is 0 Å². The van der Waals surface area contributed by atoms with Crippen molar-refractivity contribution >= 4 is 0 Å². The summed E-state index contributed by atoms with van der Waals surface area (Å²) < 4.78 is 11.9. The average molecular weight is 189 g/mol. The van der Waals surface area contributed by atoms with Crippen molar-refractivity contribution in [1.82, 2.24) is 5.32 Å². The summed E-state index contributed by atoms with van der Waals surface area (Å²) in [6, 6.07) is 0. The van der Waals surface area contributed by atoms with Crippen molar-refractivity contribution in [3.63, 3.8) is 0 Å². The quantitative estimate of drug-likeness (QED) is 0.702. The fraction of sp³-hybridized carbons (Fsp3) is 1.00. The van der Waals surface area contributed by atoms with Crippen molar-refractivity contribution in [3.8, 4) is 0 Å². The second-order valence-electron chi connectivity index (χ2n) is 5.27. The van der Waals surface area contributed by atoms with Gasteiger partial charge in [0.05, 0.1) is 6.10 Å². The van der Waals surface area contributed by atoms with E-state index < -0.39 is 12.8 Å². The van der Waals surface area contributed by atoms with Crippen LogP contribution in [0.25, 0.3) is 0 Å². The Morgan fingerprint density at radius 3 is 2.31 bits per heavy atom. The van der Waals surface area contributed by atoms with E-state index >= 15 is 0 Å². The van der Waals surface area contributed by atoms with Gasteiger partial charge in [-0.2, -0.15) is 0 Å². The van der Waals surface area contributed by atoms with Crippen LogP contribution in [0.5, 0.6) is 0 Å². The molecule has 1 saturated carbocycles. The van der Waals surface area contributed by atoms with Gasteiger partial charge < -0.3 is 10.4 Å². The van der Waals surface area contributed by atoms with E-state index in [2.05, 4.69) is 26.1 Å². The van der Waals surface area contributed by atoms with Gasteiger partial charge in [0.1, 0.15) is 6.67 Å².